The number of ether oxygens (including phenoxy) is 1. The Labute approximate surface area is 275 Å². The van der Waals surface area contributed by atoms with Crippen LogP contribution in [0.25, 0.3) is 11.3 Å². The maximum Gasteiger partial charge on any atom is 0.211 e. The molecule has 1 fully saturated rings. The molecular weight excluding hydrogens is 626 g/mol. The first-order valence-corrected chi connectivity index (χ1v) is 18.5. The molecule has 8 nitrogen and oxygen atoms in total. The summed E-state index contributed by atoms with van der Waals surface area (Å²) >= 11 is 8.32. The van der Waals surface area contributed by atoms with Gasteiger partial charge in [0, 0.05) is 86.7 Å². The van der Waals surface area contributed by atoms with Crippen molar-refractivity contribution in [1.29, 1.82) is 0 Å². The maximum atomic E-state index is 12.5. The monoisotopic (exact) mass is 663 g/mol. The summed E-state index contributed by atoms with van der Waals surface area (Å²) in [6.45, 7) is 7.64. The summed E-state index contributed by atoms with van der Waals surface area (Å²) in [6, 6.07) is 16.1. The zero-order chi connectivity index (χ0) is 31.2. The van der Waals surface area contributed by atoms with Gasteiger partial charge in [0.2, 0.25) is 10.0 Å². The van der Waals surface area contributed by atoms with E-state index in [4.69, 9.17) is 21.4 Å². The summed E-state index contributed by atoms with van der Waals surface area (Å²) in [7, 11) is -3.33. The van der Waals surface area contributed by atoms with Crippen LogP contribution in [0.1, 0.15) is 39.9 Å². The topological polar surface area (TPSA) is 79.7 Å². The maximum absolute atomic E-state index is 12.5. The molecule has 45 heavy (non-hydrogen) atoms. The largest absolute Gasteiger partial charge is 0.379 e. The third-order valence-electron chi connectivity index (χ3n) is 8.29. The Morgan fingerprint density at radius 1 is 1.00 bits per heavy atom. The van der Waals surface area contributed by atoms with Crippen LogP contribution in [0.4, 0.5) is 0 Å². The Bertz CT molecular complexity index is 1770. The van der Waals surface area contributed by atoms with Crippen LogP contribution < -0.4 is 5.32 Å². The van der Waals surface area contributed by atoms with E-state index in [2.05, 4.69) is 55.7 Å². The van der Waals surface area contributed by atoms with Gasteiger partial charge in [0.05, 0.1) is 30.2 Å². The normalized spacial score (nSPS) is 15.9. The number of benzene rings is 2. The van der Waals surface area contributed by atoms with Gasteiger partial charge in [-0.15, -0.1) is 0 Å². The number of sulfonamides is 1. The summed E-state index contributed by atoms with van der Waals surface area (Å²) in [6.07, 6.45) is 2.87. The number of nitrogens with zero attached hydrogens (tertiary/aromatic N) is 4. The molecule has 0 unspecified atom stereocenters. The first-order chi connectivity index (χ1) is 21.8. The number of aryl methyl sites for hydroxylation is 1. The Morgan fingerprint density at radius 2 is 1.80 bits per heavy atom. The molecule has 2 aromatic carbocycles. The van der Waals surface area contributed by atoms with Crippen molar-refractivity contribution in [3.05, 3.63) is 97.8 Å². The van der Waals surface area contributed by atoms with Crippen molar-refractivity contribution < 1.29 is 13.2 Å². The molecule has 2 aliphatic heterocycles. The highest BCUT2D eigenvalue weighted by Crippen LogP contribution is 2.33. The van der Waals surface area contributed by atoms with E-state index >= 15 is 0 Å². The van der Waals surface area contributed by atoms with Crippen LogP contribution >= 0.6 is 22.9 Å². The Hall–Kier alpha value is -3.01. The molecule has 1 saturated heterocycles. The molecule has 2 aliphatic rings. The zero-order valence-corrected chi connectivity index (χ0v) is 27.9. The molecule has 0 atom stereocenters. The van der Waals surface area contributed by atoms with Gasteiger partial charge in [0.15, 0.2) is 0 Å². The molecule has 2 aromatic heterocycles. The molecule has 0 bridgehead atoms. The lowest BCUT2D eigenvalue weighted by Gasteiger charge is -2.27. The molecule has 236 valence electrons. The van der Waals surface area contributed by atoms with E-state index in [1.807, 2.05) is 30.3 Å². The fraction of sp³-hybridized carbons (Fsp3) is 0.382. The number of halogens is 1. The van der Waals surface area contributed by atoms with Gasteiger partial charge in [-0.05, 0) is 58.6 Å². The lowest BCUT2D eigenvalue weighted by molar-refractivity contribution is 0.0368. The van der Waals surface area contributed by atoms with Crippen molar-refractivity contribution in [3.8, 4) is 23.1 Å². The second-order valence-electron chi connectivity index (χ2n) is 11.5. The minimum Gasteiger partial charge on any atom is -0.379 e. The molecule has 11 heteroatoms. The van der Waals surface area contributed by atoms with Crippen LogP contribution in [-0.2, 0) is 47.4 Å². The molecular formula is C34H38ClN5O3S2. The average molecular weight is 664 g/mol. The highest BCUT2D eigenvalue weighted by Gasteiger charge is 2.30. The highest BCUT2D eigenvalue weighted by atomic mass is 35.5. The van der Waals surface area contributed by atoms with Crippen molar-refractivity contribution in [3.63, 3.8) is 0 Å². The van der Waals surface area contributed by atoms with Crippen LogP contribution in [0.5, 0.6) is 0 Å². The van der Waals surface area contributed by atoms with Crippen molar-refractivity contribution in [1.82, 2.24) is 24.3 Å². The molecule has 0 aliphatic carbocycles. The van der Waals surface area contributed by atoms with Crippen molar-refractivity contribution in [2.75, 3.05) is 45.6 Å². The van der Waals surface area contributed by atoms with E-state index in [0.29, 0.717) is 30.1 Å². The SMILES string of the molecule is CS(=O)(=O)N1CCc2c(c(-c3ccc(Cl)c(C#Cc4ccc(CNCc5ccsc5)cc4)c3)nn2CCCN2CCOCC2)C1. The molecule has 1 N–H and O–H groups in total. The van der Waals surface area contributed by atoms with E-state index in [-0.39, 0.29) is 0 Å². The number of rotatable bonds is 10. The fourth-order valence-electron chi connectivity index (χ4n) is 5.79. The van der Waals surface area contributed by atoms with Gasteiger partial charge in [-0.25, -0.2) is 8.42 Å². The Kier molecular flexibility index (Phi) is 10.4. The van der Waals surface area contributed by atoms with E-state index in [0.717, 1.165) is 87.0 Å². The van der Waals surface area contributed by atoms with E-state index in [1.165, 1.54) is 21.7 Å². The standard InChI is InChI=1S/C34H38ClN5O3S2/c1-45(41,42)39-15-11-33-31(24-39)34(37-40(33)14-2-13-38-16-18-43-19-17-38)30-9-10-32(35)29(21-30)8-7-26-3-5-27(6-4-26)22-36-23-28-12-20-44-25-28/h3-6,9-10,12,20-21,25,36H,2,11,13-19,22-24H2,1H3. The van der Waals surface area contributed by atoms with Gasteiger partial charge in [-0.3, -0.25) is 9.58 Å². The molecule has 0 saturated carbocycles. The van der Waals surface area contributed by atoms with Crippen LogP contribution in [0, 0.1) is 11.8 Å². The van der Waals surface area contributed by atoms with Crippen LogP contribution in [0.2, 0.25) is 5.02 Å². The minimum absolute atomic E-state index is 0.311. The fourth-order valence-corrected chi connectivity index (χ4v) is 7.41. The van der Waals surface area contributed by atoms with Gasteiger partial charge in [0.1, 0.15) is 0 Å². The van der Waals surface area contributed by atoms with Gasteiger partial charge in [-0.1, -0.05) is 41.6 Å². The van der Waals surface area contributed by atoms with Gasteiger partial charge >= 0.3 is 0 Å². The van der Waals surface area contributed by atoms with E-state index < -0.39 is 10.0 Å². The van der Waals surface area contributed by atoms with Crippen LogP contribution in [-0.4, -0.2) is 73.1 Å². The number of thiophene rings is 1. The molecule has 4 heterocycles. The van der Waals surface area contributed by atoms with Gasteiger partial charge in [0.25, 0.3) is 0 Å². The van der Waals surface area contributed by atoms with Crippen molar-refractivity contribution >= 4 is 33.0 Å². The van der Waals surface area contributed by atoms with E-state index in [9.17, 15) is 8.42 Å². The number of fused-ring (bicyclic) bond motifs is 1. The lowest BCUT2D eigenvalue weighted by atomic mass is 10.0. The predicted octanol–water partition coefficient (Wildman–Crippen LogP) is 4.99. The van der Waals surface area contributed by atoms with Crippen LogP contribution in [0.3, 0.4) is 0 Å². The molecule has 0 spiro atoms. The van der Waals surface area contributed by atoms with Gasteiger partial charge in [-0.2, -0.15) is 20.7 Å². The summed E-state index contributed by atoms with van der Waals surface area (Å²) in [5.74, 6) is 6.52. The second kappa shape index (κ2) is 14.6. The number of aromatic nitrogens is 2. The molecule has 6 rings (SSSR count). The lowest BCUT2D eigenvalue weighted by Crippen LogP contribution is -2.37. The summed E-state index contributed by atoms with van der Waals surface area (Å²) in [5, 5.41) is 13.3. The highest BCUT2D eigenvalue weighted by molar-refractivity contribution is 7.88. The molecule has 4 aromatic rings. The number of morpholine rings is 1. The first kappa shape index (κ1) is 32.0. The van der Waals surface area contributed by atoms with E-state index in [1.54, 1.807) is 11.3 Å². The third-order valence-corrected chi connectivity index (χ3v) is 10.6. The number of hydrogen-bond donors (Lipinski definition) is 1. The molecule has 0 radical (unpaired) electrons. The third kappa shape index (κ3) is 8.23. The molecule has 0 amide bonds. The summed E-state index contributed by atoms with van der Waals surface area (Å²) in [4.78, 5) is 2.42. The smallest absolute Gasteiger partial charge is 0.211 e. The average Bonchev–Trinajstić information content (AvgIpc) is 3.69. The van der Waals surface area contributed by atoms with Gasteiger partial charge < -0.3 is 10.1 Å². The minimum atomic E-state index is -3.33. The first-order valence-electron chi connectivity index (χ1n) is 15.3. The zero-order valence-electron chi connectivity index (χ0n) is 25.5. The quantitative estimate of drug-likeness (QED) is 0.241. The van der Waals surface area contributed by atoms with Crippen molar-refractivity contribution in [2.24, 2.45) is 0 Å². The van der Waals surface area contributed by atoms with Crippen molar-refractivity contribution in [2.45, 2.75) is 39.0 Å². The number of hydrogen-bond acceptors (Lipinski definition) is 7. The number of nitrogens with one attached hydrogen (secondary N) is 1. The predicted molar refractivity (Wildman–Crippen MR) is 181 cm³/mol. The Morgan fingerprint density at radius 3 is 2.56 bits per heavy atom. The van der Waals surface area contributed by atoms with Crippen LogP contribution in [0.15, 0.2) is 59.3 Å². The summed E-state index contributed by atoms with van der Waals surface area (Å²) < 4.78 is 34.1. The second-order valence-corrected chi connectivity index (χ2v) is 14.7. The Balaban J connectivity index is 1.20. The summed E-state index contributed by atoms with van der Waals surface area (Å²) in [5.41, 5.74) is 7.86.